The highest BCUT2D eigenvalue weighted by Gasteiger charge is 2.54. The van der Waals surface area contributed by atoms with Crippen molar-refractivity contribution in [1.82, 2.24) is 10.2 Å². The van der Waals surface area contributed by atoms with E-state index in [1.807, 2.05) is 24.3 Å². The molecule has 1 atom stereocenters. The van der Waals surface area contributed by atoms with Crippen molar-refractivity contribution in [2.45, 2.75) is 30.7 Å². The number of nitrogens with one attached hydrogen (secondary N) is 1. The molecule has 31 heavy (non-hydrogen) atoms. The van der Waals surface area contributed by atoms with Crippen molar-refractivity contribution < 1.29 is 24.2 Å². The number of carboxylic acid groups (broad SMARTS) is 1. The monoisotopic (exact) mass is 420 g/mol. The summed E-state index contributed by atoms with van der Waals surface area (Å²) < 4.78 is 5.57. The lowest BCUT2D eigenvalue weighted by Gasteiger charge is -2.24. The number of nitrogens with zero attached hydrogens (tertiary/aromatic N) is 1. The van der Waals surface area contributed by atoms with E-state index < -0.39 is 23.5 Å². The van der Waals surface area contributed by atoms with Crippen LogP contribution in [0.2, 0.25) is 0 Å². The predicted octanol–water partition coefficient (Wildman–Crippen LogP) is 2.99. The number of carboxylic acids is 1. The van der Waals surface area contributed by atoms with Gasteiger partial charge in [0.05, 0.1) is 5.92 Å². The van der Waals surface area contributed by atoms with Crippen LogP contribution in [0.25, 0.3) is 11.1 Å². The third kappa shape index (κ3) is 3.44. The zero-order valence-corrected chi connectivity index (χ0v) is 17.0. The molecule has 0 aromatic heterocycles. The minimum absolute atomic E-state index is 0.0427. The number of rotatable bonds is 5. The van der Waals surface area contributed by atoms with Crippen LogP contribution in [0, 0.1) is 5.92 Å². The van der Waals surface area contributed by atoms with Crippen molar-refractivity contribution in [1.29, 1.82) is 0 Å². The Kier molecular flexibility index (Phi) is 4.68. The van der Waals surface area contributed by atoms with Crippen molar-refractivity contribution in [2.24, 2.45) is 5.92 Å². The molecular formula is C24H24N2O5. The first kappa shape index (κ1) is 19.6. The topological polar surface area (TPSA) is 95.9 Å². The quantitative estimate of drug-likeness (QED) is 0.775. The van der Waals surface area contributed by atoms with E-state index >= 15 is 0 Å². The molecule has 2 fully saturated rings. The third-order valence-corrected chi connectivity index (χ3v) is 6.67. The zero-order chi connectivity index (χ0) is 21.6. The number of fused-ring (bicyclic) bond motifs is 3. The molecule has 0 radical (unpaired) electrons. The number of amides is 2. The lowest BCUT2D eigenvalue weighted by atomic mass is 9.98. The molecule has 2 N–H and O–H groups in total. The lowest BCUT2D eigenvalue weighted by Crippen LogP contribution is -2.50. The molecule has 2 aliphatic carbocycles. The summed E-state index contributed by atoms with van der Waals surface area (Å²) in [6.07, 6.45) is 0.929. The molecule has 3 aliphatic rings. The summed E-state index contributed by atoms with van der Waals surface area (Å²) in [7, 11) is 0. The number of hydrogen-bond donors (Lipinski definition) is 2. The molecule has 2 amide bonds. The van der Waals surface area contributed by atoms with Crippen LogP contribution >= 0.6 is 0 Å². The molecular weight excluding hydrogens is 396 g/mol. The minimum atomic E-state index is -0.948. The van der Waals surface area contributed by atoms with E-state index in [0.29, 0.717) is 25.8 Å². The number of alkyl carbamates (subject to hydrolysis) is 1. The molecule has 2 aromatic carbocycles. The van der Waals surface area contributed by atoms with Gasteiger partial charge in [-0.15, -0.1) is 0 Å². The highest BCUT2D eigenvalue weighted by Crippen LogP contribution is 2.44. The first-order valence-corrected chi connectivity index (χ1v) is 10.6. The Morgan fingerprint density at radius 3 is 2.19 bits per heavy atom. The maximum Gasteiger partial charge on any atom is 0.408 e. The van der Waals surface area contributed by atoms with Crippen LogP contribution in [-0.4, -0.2) is 53.2 Å². The molecule has 0 spiro atoms. The summed E-state index contributed by atoms with van der Waals surface area (Å²) in [5, 5.41) is 11.9. The highest BCUT2D eigenvalue weighted by molar-refractivity contribution is 5.93. The van der Waals surface area contributed by atoms with Gasteiger partial charge in [-0.3, -0.25) is 9.59 Å². The van der Waals surface area contributed by atoms with Gasteiger partial charge >= 0.3 is 12.1 Å². The largest absolute Gasteiger partial charge is 0.481 e. The fraction of sp³-hybridized carbons (Fsp3) is 0.375. The van der Waals surface area contributed by atoms with Gasteiger partial charge in [0.1, 0.15) is 12.1 Å². The van der Waals surface area contributed by atoms with Gasteiger partial charge in [0, 0.05) is 19.0 Å². The van der Waals surface area contributed by atoms with Crippen molar-refractivity contribution in [3.05, 3.63) is 59.7 Å². The number of carbonyl (C=O) groups excluding carboxylic acids is 2. The summed E-state index contributed by atoms with van der Waals surface area (Å²) in [6.45, 7) is 0.793. The summed E-state index contributed by atoms with van der Waals surface area (Å²) in [5.41, 5.74) is 3.62. The Bertz CT molecular complexity index is 1020. The van der Waals surface area contributed by atoms with Crippen molar-refractivity contribution >= 4 is 18.0 Å². The van der Waals surface area contributed by atoms with Crippen LogP contribution in [0.4, 0.5) is 4.79 Å². The second kappa shape index (κ2) is 7.41. The van der Waals surface area contributed by atoms with E-state index in [9.17, 15) is 14.4 Å². The second-order valence-corrected chi connectivity index (χ2v) is 8.61. The van der Waals surface area contributed by atoms with Gasteiger partial charge < -0.3 is 20.1 Å². The third-order valence-electron chi connectivity index (χ3n) is 6.67. The molecule has 1 heterocycles. The number of carbonyl (C=O) groups is 3. The van der Waals surface area contributed by atoms with Gasteiger partial charge in [-0.2, -0.15) is 0 Å². The predicted molar refractivity (Wildman–Crippen MR) is 112 cm³/mol. The number of ether oxygens (including phenoxy) is 1. The molecule has 160 valence electrons. The maximum atomic E-state index is 12.9. The van der Waals surface area contributed by atoms with Crippen LogP contribution in [-0.2, 0) is 14.3 Å². The standard InChI is InChI=1S/C24H24N2O5/c27-21(28)15-9-12-26(13-15)22(29)24(10-11-24)25-23(30)31-14-20-18-7-3-1-5-16(18)17-6-2-4-8-19(17)20/h1-8,15,20H,9-14H2,(H,25,30)(H,27,28). The van der Waals surface area contributed by atoms with E-state index in [1.54, 1.807) is 4.90 Å². The van der Waals surface area contributed by atoms with Gasteiger partial charge in [-0.05, 0) is 41.5 Å². The number of benzene rings is 2. The molecule has 0 bridgehead atoms. The lowest BCUT2D eigenvalue weighted by molar-refractivity contribution is -0.141. The molecule has 1 saturated carbocycles. The second-order valence-electron chi connectivity index (χ2n) is 8.61. The maximum absolute atomic E-state index is 12.9. The van der Waals surface area contributed by atoms with Crippen molar-refractivity contribution in [2.75, 3.05) is 19.7 Å². The van der Waals surface area contributed by atoms with E-state index in [4.69, 9.17) is 9.84 Å². The smallest absolute Gasteiger partial charge is 0.408 e. The van der Waals surface area contributed by atoms with Gasteiger partial charge in [-0.1, -0.05) is 48.5 Å². The number of aliphatic carboxylic acids is 1. The average Bonchev–Trinajstić information content (AvgIpc) is 3.25. The zero-order valence-electron chi connectivity index (χ0n) is 17.0. The molecule has 1 aliphatic heterocycles. The fourth-order valence-electron chi connectivity index (χ4n) is 4.80. The highest BCUT2D eigenvalue weighted by atomic mass is 16.5. The summed E-state index contributed by atoms with van der Waals surface area (Å²) in [6, 6.07) is 16.2. The Hall–Kier alpha value is -3.35. The SMILES string of the molecule is O=C(NC1(C(=O)N2CCC(C(=O)O)C2)CC1)OCC1c2ccccc2-c2ccccc21. The van der Waals surface area contributed by atoms with Gasteiger partial charge in [-0.25, -0.2) is 4.79 Å². The van der Waals surface area contributed by atoms with Gasteiger partial charge in [0.25, 0.3) is 0 Å². The molecule has 2 aromatic rings. The van der Waals surface area contributed by atoms with Crippen LogP contribution in [0.15, 0.2) is 48.5 Å². The number of hydrogen-bond acceptors (Lipinski definition) is 4. The molecule has 1 unspecified atom stereocenters. The van der Waals surface area contributed by atoms with Crippen molar-refractivity contribution in [3.63, 3.8) is 0 Å². The fourth-order valence-corrected chi connectivity index (χ4v) is 4.80. The molecule has 7 nitrogen and oxygen atoms in total. The first-order valence-electron chi connectivity index (χ1n) is 10.6. The summed E-state index contributed by atoms with van der Waals surface area (Å²) >= 11 is 0. The molecule has 5 rings (SSSR count). The van der Waals surface area contributed by atoms with E-state index in [2.05, 4.69) is 29.6 Å². The molecule has 7 heteroatoms. The van der Waals surface area contributed by atoms with Crippen LogP contribution in [0.3, 0.4) is 0 Å². The van der Waals surface area contributed by atoms with Crippen LogP contribution < -0.4 is 5.32 Å². The summed E-state index contributed by atoms with van der Waals surface area (Å²) in [5.74, 6) is -1.66. The Balaban J connectivity index is 1.23. The first-order chi connectivity index (χ1) is 15.0. The Labute approximate surface area is 180 Å². The van der Waals surface area contributed by atoms with Crippen LogP contribution in [0.1, 0.15) is 36.3 Å². The summed E-state index contributed by atoms with van der Waals surface area (Å²) in [4.78, 5) is 38.2. The Morgan fingerprint density at radius 2 is 1.65 bits per heavy atom. The molecule has 1 saturated heterocycles. The van der Waals surface area contributed by atoms with Crippen molar-refractivity contribution in [3.8, 4) is 11.1 Å². The van der Waals surface area contributed by atoms with Gasteiger partial charge in [0.15, 0.2) is 0 Å². The normalized spacial score (nSPS) is 20.6. The van der Waals surface area contributed by atoms with E-state index in [1.165, 1.54) is 0 Å². The number of likely N-dealkylation sites (tertiary alicyclic amines) is 1. The minimum Gasteiger partial charge on any atom is -0.481 e. The Morgan fingerprint density at radius 1 is 1.03 bits per heavy atom. The van der Waals surface area contributed by atoms with Crippen LogP contribution in [0.5, 0.6) is 0 Å². The van der Waals surface area contributed by atoms with E-state index in [0.717, 1.165) is 22.3 Å². The van der Waals surface area contributed by atoms with Gasteiger partial charge in [0.2, 0.25) is 5.91 Å². The van der Waals surface area contributed by atoms with E-state index in [-0.39, 0.29) is 25.0 Å². The average molecular weight is 420 g/mol.